The van der Waals surface area contributed by atoms with E-state index >= 15 is 0 Å². The van der Waals surface area contributed by atoms with Crippen molar-refractivity contribution in [3.63, 3.8) is 0 Å². The summed E-state index contributed by atoms with van der Waals surface area (Å²) in [6.07, 6.45) is -3.39. The van der Waals surface area contributed by atoms with Gasteiger partial charge < -0.3 is 10.0 Å². The summed E-state index contributed by atoms with van der Waals surface area (Å²) in [6, 6.07) is 2.49. The van der Waals surface area contributed by atoms with Crippen molar-refractivity contribution in [1.29, 1.82) is 0 Å². The zero-order valence-electron chi connectivity index (χ0n) is 12.8. The first kappa shape index (κ1) is 18.0. The van der Waals surface area contributed by atoms with Crippen LogP contribution in [-0.4, -0.2) is 34.6 Å². The number of alkyl halides is 3. The molecule has 1 heterocycles. The highest BCUT2D eigenvalue weighted by Gasteiger charge is 2.43. The summed E-state index contributed by atoms with van der Waals surface area (Å²) in [4.78, 5) is 22.9. The highest BCUT2D eigenvalue weighted by Crippen LogP contribution is 2.27. The molecule has 1 aliphatic heterocycles. The van der Waals surface area contributed by atoms with Gasteiger partial charge in [-0.05, 0) is 42.2 Å². The molecule has 1 N–H and O–H groups in total. The Morgan fingerprint density at radius 2 is 1.96 bits per heavy atom. The molecule has 0 fully saturated rings. The largest absolute Gasteiger partial charge is 0.478 e. The molecule has 130 valence electrons. The predicted octanol–water partition coefficient (Wildman–Crippen LogP) is 3.15. The van der Waals surface area contributed by atoms with Gasteiger partial charge in [0, 0.05) is 24.2 Å². The molecule has 1 aliphatic rings. The van der Waals surface area contributed by atoms with Crippen LogP contribution in [0, 0.1) is 5.82 Å². The van der Waals surface area contributed by atoms with Crippen LogP contribution < -0.4 is 0 Å². The predicted molar refractivity (Wildman–Crippen MR) is 77.5 cm³/mol. The molecule has 8 heteroatoms. The summed E-state index contributed by atoms with van der Waals surface area (Å²) >= 11 is 0. The number of halogens is 4. The molecule has 0 unspecified atom stereocenters. The third kappa shape index (κ3) is 3.74. The third-order valence-corrected chi connectivity index (χ3v) is 3.85. The monoisotopic (exact) mass is 345 g/mol. The lowest BCUT2D eigenvalue weighted by molar-refractivity contribution is -0.186. The van der Waals surface area contributed by atoms with Crippen LogP contribution in [0.5, 0.6) is 0 Å². The van der Waals surface area contributed by atoms with Gasteiger partial charge in [0.15, 0.2) is 0 Å². The van der Waals surface area contributed by atoms with Gasteiger partial charge in [-0.15, -0.1) is 0 Å². The van der Waals surface area contributed by atoms with Crippen LogP contribution in [0.3, 0.4) is 0 Å². The number of rotatable bonds is 3. The molecule has 1 aromatic rings. The third-order valence-electron chi connectivity index (χ3n) is 3.85. The lowest BCUT2D eigenvalue weighted by atomic mass is 9.95. The molecular formula is C16H15F4NO3. The molecule has 0 saturated carbocycles. The smallest absolute Gasteiger partial charge is 0.471 e. The van der Waals surface area contributed by atoms with E-state index < -0.39 is 23.9 Å². The first-order valence-corrected chi connectivity index (χ1v) is 7.24. The van der Waals surface area contributed by atoms with E-state index in [1.54, 1.807) is 6.92 Å². The van der Waals surface area contributed by atoms with Gasteiger partial charge in [-0.1, -0.05) is 6.92 Å². The molecule has 0 radical (unpaired) electrons. The van der Waals surface area contributed by atoms with Crippen LogP contribution in [-0.2, 0) is 22.6 Å². The normalized spacial score (nSPS) is 15.2. The van der Waals surface area contributed by atoms with Gasteiger partial charge in [-0.25, -0.2) is 9.18 Å². The summed E-state index contributed by atoms with van der Waals surface area (Å²) in [5.74, 6) is -3.84. The summed E-state index contributed by atoms with van der Waals surface area (Å²) in [7, 11) is 0. The highest BCUT2D eigenvalue weighted by atomic mass is 19.4. The van der Waals surface area contributed by atoms with E-state index in [9.17, 15) is 27.2 Å². The van der Waals surface area contributed by atoms with Crippen molar-refractivity contribution in [3.05, 3.63) is 40.2 Å². The zero-order valence-corrected chi connectivity index (χ0v) is 12.8. The van der Waals surface area contributed by atoms with Crippen molar-refractivity contribution in [2.24, 2.45) is 0 Å². The Bertz CT molecular complexity index is 710. The number of hydrogen-bond donors (Lipinski definition) is 1. The van der Waals surface area contributed by atoms with Crippen molar-refractivity contribution < 1.29 is 32.3 Å². The van der Waals surface area contributed by atoms with Gasteiger partial charge in [-0.3, -0.25) is 4.79 Å². The Hall–Kier alpha value is -2.38. The summed E-state index contributed by atoms with van der Waals surface area (Å²) < 4.78 is 51.6. The molecule has 1 aromatic carbocycles. The number of nitrogens with zero attached hydrogens (tertiary/aromatic N) is 1. The number of benzene rings is 1. The first-order chi connectivity index (χ1) is 11.1. The van der Waals surface area contributed by atoms with Crippen LogP contribution in [0.4, 0.5) is 17.6 Å². The maximum Gasteiger partial charge on any atom is 0.471 e. The standard InChI is InChI=1S/C16H15F4NO3/c1-2-9(14(22)23)5-11-6-10-3-4-21(15(24)16(18,19)20)8-12(10)7-13(11)17/h5-7H,2-4,8H2,1H3,(H,22,23)/b9-5+. The minimum Gasteiger partial charge on any atom is -0.478 e. The summed E-state index contributed by atoms with van der Waals surface area (Å²) in [5, 5.41) is 8.99. The highest BCUT2D eigenvalue weighted by molar-refractivity contribution is 5.92. The summed E-state index contributed by atoms with van der Waals surface area (Å²) in [6.45, 7) is 1.17. The van der Waals surface area contributed by atoms with Crippen LogP contribution in [0.1, 0.15) is 30.0 Å². The average molecular weight is 345 g/mol. The number of carboxylic acid groups (broad SMARTS) is 1. The Balaban J connectivity index is 2.32. The quantitative estimate of drug-likeness (QED) is 0.676. The average Bonchev–Trinajstić information content (AvgIpc) is 2.50. The lowest BCUT2D eigenvalue weighted by Gasteiger charge is -2.29. The van der Waals surface area contributed by atoms with E-state index in [2.05, 4.69) is 0 Å². The fourth-order valence-electron chi connectivity index (χ4n) is 2.56. The minimum atomic E-state index is -4.96. The lowest BCUT2D eigenvalue weighted by Crippen LogP contribution is -2.43. The van der Waals surface area contributed by atoms with Crippen LogP contribution in [0.15, 0.2) is 17.7 Å². The van der Waals surface area contributed by atoms with Gasteiger partial charge in [0.25, 0.3) is 0 Å². The Labute approximate surface area is 135 Å². The Morgan fingerprint density at radius 1 is 1.29 bits per heavy atom. The Kier molecular flexibility index (Phi) is 4.96. The van der Waals surface area contributed by atoms with E-state index in [-0.39, 0.29) is 37.1 Å². The minimum absolute atomic E-state index is 0.0264. The second-order valence-corrected chi connectivity index (χ2v) is 5.45. The molecule has 0 spiro atoms. The number of hydrogen-bond acceptors (Lipinski definition) is 2. The van der Waals surface area contributed by atoms with Crippen molar-refractivity contribution in [2.45, 2.75) is 32.5 Å². The van der Waals surface area contributed by atoms with Crippen LogP contribution in [0.25, 0.3) is 6.08 Å². The van der Waals surface area contributed by atoms with Gasteiger partial charge in [-0.2, -0.15) is 13.2 Å². The first-order valence-electron chi connectivity index (χ1n) is 7.24. The molecular weight excluding hydrogens is 330 g/mol. The second kappa shape index (κ2) is 6.62. The molecule has 24 heavy (non-hydrogen) atoms. The van der Waals surface area contributed by atoms with E-state index in [4.69, 9.17) is 5.11 Å². The fourth-order valence-corrected chi connectivity index (χ4v) is 2.56. The Morgan fingerprint density at radius 3 is 2.50 bits per heavy atom. The molecule has 0 aliphatic carbocycles. The molecule has 2 rings (SSSR count). The summed E-state index contributed by atoms with van der Waals surface area (Å²) in [5.41, 5.74) is 0.999. The van der Waals surface area contributed by atoms with E-state index in [0.717, 1.165) is 6.07 Å². The number of aliphatic carboxylic acids is 1. The number of carbonyl (C=O) groups is 2. The van der Waals surface area contributed by atoms with Gasteiger partial charge in [0.1, 0.15) is 5.82 Å². The molecule has 0 atom stereocenters. The fraction of sp³-hybridized carbons (Fsp3) is 0.375. The van der Waals surface area contributed by atoms with Crippen molar-refractivity contribution in [1.82, 2.24) is 4.90 Å². The van der Waals surface area contributed by atoms with Gasteiger partial charge in [0.2, 0.25) is 0 Å². The molecule has 1 amide bonds. The maximum absolute atomic E-state index is 14.1. The molecule has 0 saturated heterocycles. The van der Waals surface area contributed by atoms with E-state index in [0.29, 0.717) is 16.0 Å². The second-order valence-electron chi connectivity index (χ2n) is 5.45. The number of carbonyl (C=O) groups excluding carboxylic acids is 1. The van der Waals surface area contributed by atoms with E-state index in [1.165, 1.54) is 12.1 Å². The maximum atomic E-state index is 14.1. The molecule has 0 bridgehead atoms. The van der Waals surface area contributed by atoms with E-state index in [1.807, 2.05) is 0 Å². The molecule has 0 aromatic heterocycles. The van der Waals surface area contributed by atoms with Crippen LogP contribution in [0.2, 0.25) is 0 Å². The topological polar surface area (TPSA) is 57.6 Å². The zero-order chi connectivity index (χ0) is 18.1. The van der Waals surface area contributed by atoms with Crippen molar-refractivity contribution >= 4 is 18.0 Å². The number of amides is 1. The van der Waals surface area contributed by atoms with Gasteiger partial charge >= 0.3 is 18.1 Å². The van der Waals surface area contributed by atoms with Crippen molar-refractivity contribution in [2.75, 3.05) is 6.54 Å². The molecule has 4 nitrogen and oxygen atoms in total. The van der Waals surface area contributed by atoms with Gasteiger partial charge in [0.05, 0.1) is 0 Å². The van der Waals surface area contributed by atoms with Crippen molar-refractivity contribution in [3.8, 4) is 0 Å². The SMILES string of the molecule is CC/C(=C\c1cc2c(cc1F)CN(C(=O)C(F)(F)F)CC2)C(=O)O. The van der Waals surface area contributed by atoms with Crippen LogP contribution >= 0.6 is 0 Å². The number of fused-ring (bicyclic) bond motifs is 1. The number of carboxylic acids is 1.